The molecule has 0 bridgehead atoms. The van der Waals surface area contributed by atoms with Crippen molar-refractivity contribution in [2.24, 2.45) is 5.92 Å². The van der Waals surface area contributed by atoms with Crippen molar-refractivity contribution in [3.8, 4) is 0 Å². The second-order valence-electron chi connectivity index (χ2n) is 6.76. The molecule has 1 fully saturated rings. The fourth-order valence-electron chi connectivity index (χ4n) is 3.40. The molecule has 28 heavy (non-hydrogen) atoms. The number of nitrogens with one attached hydrogen (secondary N) is 1. The quantitative estimate of drug-likeness (QED) is 0.607. The van der Waals surface area contributed by atoms with Crippen molar-refractivity contribution in [1.29, 1.82) is 0 Å². The number of rotatable bonds is 5. The average Bonchev–Trinajstić information content (AvgIpc) is 2.67. The van der Waals surface area contributed by atoms with Crippen LogP contribution in [0.3, 0.4) is 0 Å². The minimum absolute atomic E-state index is 0.0486. The molecule has 1 aliphatic rings. The van der Waals surface area contributed by atoms with E-state index >= 15 is 0 Å². The lowest BCUT2D eigenvalue weighted by Crippen LogP contribution is -2.38. The van der Waals surface area contributed by atoms with Crippen LogP contribution in [0.4, 0.5) is 17.1 Å². The number of sulfone groups is 1. The van der Waals surface area contributed by atoms with Gasteiger partial charge in [-0.3, -0.25) is 14.9 Å². The van der Waals surface area contributed by atoms with Crippen molar-refractivity contribution in [3.63, 3.8) is 0 Å². The molecule has 0 saturated carbocycles. The first-order valence-corrected chi connectivity index (χ1v) is 10.7. The van der Waals surface area contributed by atoms with Gasteiger partial charge in [-0.15, -0.1) is 0 Å². The molecule has 1 saturated heterocycles. The minimum atomic E-state index is -3.45. The highest BCUT2D eigenvalue weighted by atomic mass is 32.2. The van der Waals surface area contributed by atoms with Gasteiger partial charge in [0.15, 0.2) is 9.84 Å². The third-order valence-electron chi connectivity index (χ3n) is 4.83. The molecular formula is C19H21N3O5S. The van der Waals surface area contributed by atoms with E-state index in [1.165, 1.54) is 12.1 Å². The lowest BCUT2D eigenvalue weighted by atomic mass is 9.95. The summed E-state index contributed by atoms with van der Waals surface area (Å²) in [6.07, 6.45) is 2.15. The third-order valence-corrected chi connectivity index (χ3v) is 5.98. The predicted octanol–water partition coefficient (Wildman–Crippen LogP) is 2.85. The van der Waals surface area contributed by atoms with Gasteiger partial charge in [-0.25, -0.2) is 8.42 Å². The van der Waals surface area contributed by atoms with E-state index in [0.29, 0.717) is 31.6 Å². The number of carbonyl (C=O) groups is 1. The summed E-state index contributed by atoms with van der Waals surface area (Å²) in [6.45, 7) is 1.02. The van der Waals surface area contributed by atoms with Crippen molar-refractivity contribution >= 4 is 32.8 Å². The molecule has 0 unspecified atom stereocenters. The van der Waals surface area contributed by atoms with Crippen molar-refractivity contribution < 1.29 is 18.1 Å². The fraction of sp³-hybridized carbons (Fsp3) is 0.316. The normalized spacial score (nSPS) is 15.2. The lowest BCUT2D eigenvalue weighted by molar-refractivity contribution is -0.384. The Bertz CT molecular complexity index is 998. The van der Waals surface area contributed by atoms with Crippen LogP contribution in [-0.2, 0) is 14.6 Å². The SMILES string of the molecule is CS(=O)(=O)c1ccccc1NC(=O)C1CCN(c2ccccc2[N+](=O)[O-])CC1. The Morgan fingerprint density at radius 1 is 1.11 bits per heavy atom. The monoisotopic (exact) mass is 403 g/mol. The van der Waals surface area contributed by atoms with Crippen LogP contribution in [0.1, 0.15) is 12.8 Å². The topological polar surface area (TPSA) is 110 Å². The van der Waals surface area contributed by atoms with Crippen LogP contribution in [0.25, 0.3) is 0 Å². The first-order chi connectivity index (χ1) is 13.3. The highest BCUT2D eigenvalue weighted by molar-refractivity contribution is 7.90. The number of para-hydroxylation sites is 3. The van der Waals surface area contributed by atoms with Gasteiger partial charge < -0.3 is 10.2 Å². The number of anilines is 2. The standard InChI is InChI=1S/C19H21N3O5S/c1-28(26,27)18-9-5-2-6-15(18)20-19(23)14-10-12-21(13-11-14)16-7-3-4-8-17(16)22(24)25/h2-9,14H,10-13H2,1H3,(H,20,23). The maximum atomic E-state index is 12.6. The predicted molar refractivity (Wildman–Crippen MR) is 106 cm³/mol. The maximum absolute atomic E-state index is 12.6. The summed E-state index contributed by atoms with van der Waals surface area (Å²) in [4.78, 5) is 25.4. The summed E-state index contributed by atoms with van der Waals surface area (Å²) >= 11 is 0. The van der Waals surface area contributed by atoms with E-state index in [1.807, 2.05) is 4.90 Å². The summed E-state index contributed by atoms with van der Waals surface area (Å²) in [5.74, 6) is -0.523. The van der Waals surface area contributed by atoms with E-state index in [0.717, 1.165) is 6.26 Å². The molecule has 0 aromatic heterocycles. The molecule has 0 atom stereocenters. The highest BCUT2D eigenvalue weighted by Gasteiger charge is 2.28. The molecule has 2 aromatic carbocycles. The lowest BCUT2D eigenvalue weighted by Gasteiger charge is -2.32. The van der Waals surface area contributed by atoms with Crippen LogP contribution in [0.15, 0.2) is 53.4 Å². The van der Waals surface area contributed by atoms with Gasteiger partial charge >= 0.3 is 0 Å². The molecule has 8 nitrogen and oxygen atoms in total. The van der Waals surface area contributed by atoms with Gasteiger partial charge in [0.25, 0.3) is 5.69 Å². The molecule has 0 radical (unpaired) electrons. The summed E-state index contributed by atoms with van der Waals surface area (Å²) < 4.78 is 23.8. The molecule has 0 spiro atoms. The molecule has 0 aliphatic carbocycles. The number of benzene rings is 2. The van der Waals surface area contributed by atoms with Gasteiger partial charge in [0.1, 0.15) is 5.69 Å². The van der Waals surface area contributed by atoms with E-state index in [2.05, 4.69) is 5.32 Å². The molecule has 1 amide bonds. The largest absolute Gasteiger partial charge is 0.366 e. The summed E-state index contributed by atoms with van der Waals surface area (Å²) in [6, 6.07) is 12.9. The van der Waals surface area contributed by atoms with E-state index in [1.54, 1.807) is 36.4 Å². The van der Waals surface area contributed by atoms with Crippen molar-refractivity contribution in [2.75, 3.05) is 29.6 Å². The number of piperidine rings is 1. The smallest absolute Gasteiger partial charge is 0.292 e. The Kier molecular flexibility index (Phi) is 5.64. The van der Waals surface area contributed by atoms with E-state index in [4.69, 9.17) is 0 Å². The number of nitrogens with zero attached hydrogens (tertiary/aromatic N) is 2. The zero-order valence-electron chi connectivity index (χ0n) is 15.4. The molecule has 1 heterocycles. The van der Waals surface area contributed by atoms with Crippen LogP contribution in [0.2, 0.25) is 0 Å². The van der Waals surface area contributed by atoms with Crippen molar-refractivity contribution in [1.82, 2.24) is 0 Å². The third kappa shape index (κ3) is 4.30. The number of carbonyl (C=O) groups excluding carboxylic acids is 1. The first-order valence-electron chi connectivity index (χ1n) is 8.85. The number of amides is 1. The molecule has 9 heteroatoms. The molecular weight excluding hydrogens is 382 g/mol. The van der Waals surface area contributed by atoms with Crippen molar-refractivity contribution in [2.45, 2.75) is 17.7 Å². The number of nitro groups is 1. The molecule has 1 N–H and O–H groups in total. The van der Waals surface area contributed by atoms with Crippen LogP contribution < -0.4 is 10.2 Å². The Hall–Kier alpha value is -2.94. The Labute approximate surface area is 163 Å². The van der Waals surface area contributed by atoms with Crippen LogP contribution in [0.5, 0.6) is 0 Å². The van der Waals surface area contributed by atoms with Crippen LogP contribution in [-0.4, -0.2) is 38.6 Å². The molecule has 3 rings (SSSR count). The van der Waals surface area contributed by atoms with Crippen LogP contribution in [0, 0.1) is 16.0 Å². The number of hydrogen-bond acceptors (Lipinski definition) is 6. The fourth-order valence-corrected chi connectivity index (χ4v) is 4.24. The van der Waals surface area contributed by atoms with Crippen LogP contribution >= 0.6 is 0 Å². The average molecular weight is 403 g/mol. The van der Waals surface area contributed by atoms with E-state index < -0.39 is 14.8 Å². The highest BCUT2D eigenvalue weighted by Crippen LogP contribution is 2.31. The minimum Gasteiger partial charge on any atom is -0.366 e. The van der Waals surface area contributed by atoms with Gasteiger partial charge in [0.2, 0.25) is 5.91 Å². The summed E-state index contributed by atoms with van der Waals surface area (Å²) in [7, 11) is -3.45. The van der Waals surface area contributed by atoms with Gasteiger partial charge in [-0.2, -0.15) is 0 Å². The number of hydrogen-bond donors (Lipinski definition) is 1. The zero-order chi connectivity index (χ0) is 20.3. The molecule has 2 aromatic rings. The Morgan fingerprint density at radius 3 is 2.36 bits per heavy atom. The summed E-state index contributed by atoms with van der Waals surface area (Å²) in [5.41, 5.74) is 0.873. The van der Waals surface area contributed by atoms with Gasteiger partial charge in [-0.05, 0) is 31.0 Å². The zero-order valence-corrected chi connectivity index (χ0v) is 16.2. The molecule has 1 aliphatic heterocycles. The van der Waals surface area contributed by atoms with E-state index in [-0.39, 0.29) is 28.1 Å². The second kappa shape index (κ2) is 7.97. The van der Waals surface area contributed by atoms with Gasteiger partial charge in [-0.1, -0.05) is 24.3 Å². The van der Waals surface area contributed by atoms with Crippen molar-refractivity contribution in [3.05, 3.63) is 58.6 Å². The summed E-state index contributed by atoms with van der Waals surface area (Å²) in [5, 5.41) is 13.9. The Balaban J connectivity index is 1.68. The first kappa shape index (κ1) is 19.8. The maximum Gasteiger partial charge on any atom is 0.292 e. The second-order valence-corrected chi connectivity index (χ2v) is 8.75. The molecule has 148 valence electrons. The Morgan fingerprint density at radius 2 is 1.71 bits per heavy atom. The van der Waals surface area contributed by atoms with Gasteiger partial charge in [0, 0.05) is 31.3 Å². The number of nitro benzene ring substituents is 1. The van der Waals surface area contributed by atoms with Gasteiger partial charge in [0.05, 0.1) is 15.5 Å². The van der Waals surface area contributed by atoms with E-state index in [9.17, 15) is 23.3 Å².